The zero-order chi connectivity index (χ0) is 16.1. The number of piperazine rings is 1. The van der Waals surface area contributed by atoms with Gasteiger partial charge in [0.15, 0.2) is 4.34 Å². The highest BCUT2D eigenvalue weighted by molar-refractivity contribution is 8.01. The summed E-state index contributed by atoms with van der Waals surface area (Å²) in [4.78, 5) is 16.4. The van der Waals surface area contributed by atoms with Crippen LogP contribution >= 0.6 is 23.1 Å². The number of para-hydroxylation sites is 1. The summed E-state index contributed by atoms with van der Waals surface area (Å²) in [6, 6.07) is 9.86. The normalized spacial score (nSPS) is 15.6. The minimum Gasteiger partial charge on any atom is -0.339 e. The molecule has 1 N–H and O–H groups in total. The van der Waals surface area contributed by atoms with E-state index in [9.17, 15) is 4.79 Å². The number of rotatable bonds is 5. The van der Waals surface area contributed by atoms with Gasteiger partial charge in [-0.1, -0.05) is 41.3 Å². The molecule has 0 spiro atoms. The van der Waals surface area contributed by atoms with E-state index in [0.29, 0.717) is 5.75 Å². The molecule has 1 saturated heterocycles. The van der Waals surface area contributed by atoms with E-state index >= 15 is 0 Å². The second kappa shape index (κ2) is 7.76. The van der Waals surface area contributed by atoms with Crippen LogP contribution in [-0.2, 0) is 4.79 Å². The van der Waals surface area contributed by atoms with Gasteiger partial charge in [-0.2, -0.15) is 0 Å². The van der Waals surface area contributed by atoms with Gasteiger partial charge in [0.1, 0.15) is 0 Å². The molecule has 0 bridgehead atoms. The molecule has 2 heterocycles. The zero-order valence-electron chi connectivity index (χ0n) is 12.9. The van der Waals surface area contributed by atoms with Crippen LogP contribution in [0.2, 0.25) is 0 Å². The number of carbonyl (C=O) groups excluding carboxylic acids is 1. The van der Waals surface area contributed by atoms with Crippen LogP contribution in [0.3, 0.4) is 0 Å². The molecular weight excluding hydrogens is 330 g/mol. The number of carbonyl (C=O) groups is 1. The first kappa shape index (κ1) is 16.2. The Morgan fingerprint density at radius 1 is 1.22 bits per heavy atom. The third-order valence-electron chi connectivity index (χ3n) is 3.61. The van der Waals surface area contributed by atoms with E-state index in [4.69, 9.17) is 0 Å². The molecule has 0 atom stereocenters. The number of hydrogen-bond acceptors (Lipinski definition) is 7. The van der Waals surface area contributed by atoms with Gasteiger partial charge in [-0.3, -0.25) is 4.79 Å². The monoisotopic (exact) mass is 349 g/mol. The number of anilines is 2. The summed E-state index contributed by atoms with van der Waals surface area (Å²) in [6.45, 7) is 3.51. The maximum absolute atomic E-state index is 12.2. The van der Waals surface area contributed by atoms with Crippen molar-refractivity contribution in [1.82, 2.24) is 20.0 Å². The van der Waals surface area contributed by atoms with Crippen LogP contribution < -0.4 is 5.32 Å². The molecule has 1 aliphatic heterocycles. The largest absolute Gasteiger partial charge is 0.339 e. The third kappa shape index (κ3) is 4.66. The van der Waals surface area contributed by atoms with Gasteiger partial charge in [0.2, 0.25) is 11.0 Å². The maximum Gasteiger partial charge on any atom is 0.233 e. The first-order valence-electron chi connectivity index (χ1n) is 7.45. The standard InChI is InChI=1S/C15H19N5OS2/c1-19-7-9-20(10-8-19)13(21)11-22-15-18-17-14(23-15)16-12-5-3-2-4-6-12/h2-6H,7-11H2,1H3,(H,16,17). The predicted molar refractivity (Wildman–Crippen MR) is 94.4 cm³/mol. The number of aromatic nitrogens is 2. The molecule has 1 aromatic carbocycles. The van der Waals surface area contributed by atoms with Crippen molar-refractivity contribution in [2.45, 2.75) is 4.34 Å². The van der Waals surface area contributed by atoms with Crippen LogP contribution in [0.5, 0.6) is 0 Å². The Hall–Kier alpha value is -1.64. The Morgan fingerprint density at radius 3 is 2.70 bits per heavy atom. The number of hydrogen-bond donors (Lipinski definition) is 1. The molecular formula is C15H19N5OS2. The fourth-order valence-electron chi connectivity index (χ4n) is 2.23. The van der Waals surface area contributed by atoms with Crippen molar-refractivity contribution in [1.29, 1.82) is 0 Å². The maximum atomic E-state index is 12.2. The van der Waals surface area contributed by atoms with Crippen molar-refractivity contribution in [2.24, 2.45) is 0 Å². The highest BCUT2D eigenvalue weighted by atomic mass is 32.2. The fourth-order valence-corrected chi connectivity index (χ4v) is 3.91. The van der Waals surface area contributed by atoms with E-state index in [1.807, 2.05) is 35.2 Å². The molecule has 122 valence electrons. The lowest BCUT2D eigenvalue weighted by Gasteiger charge is -2.32. The van der Waals surface area contributed by atoms with Crippen LogP contribution in [0.4, 0.5) is 10.8 Å². The Kier molecular flexibility index (Phi) is 5.47. The molecule has 6 nitrogen and oxygen atoms in total. The van der Waals surface area contributed by atoms with Crippen molar-refractivity contribution in [3.05, 3.63) is 30.3 Å². The van der Waals surface area contributed by atoms with Gasteiger partial charge in [0.05, 0.1) is 5.75 Å². The molecule has 23 heavy (non-hydrogen) atoms. The smallest absolute Gasteiger partial charge is 0.233 e. The topological polar surface area (TPSA) is 61.4 Å². The average Bonchev–Trinajstić information content (AvgIpc) is 3.02. The minimum absolute atomic E-state index is 0.177. The number of nitrogens with zero attached hydrogens (tertiary/aromatic N) is 4. The Labute approximate surface area is 143 Å². The van der Waals surface area contributed by atoms with E-state index in [-0.39, 0.29) is 5.91 Å². The molecule has 3 rings (SSSR count). The second-order valence-corrected chi connectivity index (χ2v) is 7.54. The zero-order valence-corrected chi connectivity index (χ0v) is 14.6. The van der Waals surface area contributed by atoms with Crippen LogP contribution in [0, 0.1) is 0 Å². The van der Waals surface area contributed by atoms with E-state index < -0.39 is 0 Å². The van der Waals surface area contributed by atoms with Gasteiger partial charge >= 0.3 is 0 Å². The third-order valence-corrected chi connectivity index (χ3v) is 5.56. The molecule has 2 aromatic rings. The predicted octanol–water partition coefficient (Wildman–Crippen LogP) is 2.15. The number of nitrogens with one attached hydrogen (secondary N) is 1. The van der Waals surface area contributed by atoms with Gasteiger partial charge in [-0.05, 0) is 19.2 Å². The first-order chi connectivity index (χ1) is 11.2. The van der Waals surface area contributed by atoms with E-state index in [0.717, 1.165) is 41.3 Å². The number of benzene rings is 1. The number of thioether (sulfide) groups is 1. The first-order valence-corrected chi connectivity index (χ1v) is 9.25. The van der Waals surface area contributed by atoms with Gasteiger partial charge in [-0.15, -0.1) is 10.2 Å². The van der Waals surface area contributed by atoms with E-state index in [1.165, 1.54) is 23.1 Å². The van der Waals surface area contributed by atoms with Crippen molar-refractivity contribution >= 4 is 39.8 Å². The minimum atomic E-state index is 0.177. The molecule has 0 unspecified atom stereocenters. The quantitative estimate of drug-likeness (QED) is 0.835. The van der Waals surface area contributed by atoms with Crippen molar-refractivity contribution < 1.29 is 4.79 Å². The Bertz CT molecular complexity index is 640. The summed E-state index contributed by atoms with van der Waals surface area (Å²) in [6.07, 6.45) is 0. The van der Waals surface area contributed by atoms with Gasteiger partial charge in [-0.25, -0.2) is 0 Å². The van der Waals surface area contributed by atoms with E-state index in [2.05, 4.69) is 27.5 Å². The summed E-state index contributed by atoms with van der Waals surface area (Å²) < 4.78 is 0.811. The lowest BCUT2D eigenvalue weighted by Crippen LogP contribution is -2.47. The second-order valence-electron chi connectivity index (χ2n) is 5.34. The highest BCUT2D eigenvalue weighted by Gasteiger charge is 2.19. The Morgan fingerprint density at radius 2 is 1.96 bits per heavy atom. The lowest BCUT2D eigenvalue weighted by molar-refractivity contribution is -0.129. The molecule has 0 aliphatic carbocycles. The summed E-state index contributed by atoms with van der Waals surface area (Å²) in [5.41, 5.74) is 0.980. The fraction of sp³-hybridized carbons (Fsp3) is 0.400. The summed E-state index contributed by atoms with van der Waals surface area (Å²) in [5.74, 6) is 0.597. The van der Waals surface area contributed by atoms with Crippen LogP contribution in [-0.4, -0.2) is 64.9 Å². The van der Waals surface area contributed by atoms with Gasteiger partial charge < -0.3 is 15.1 Å². The number of amides is 1. The van der Waals surface area contributed by atoms with Gasteiger partial charge in [0, 0.05) is 31.9 Å². The SMILES string of the molecule is CN1CCN(C(=O)CSc2nnc(Nc3ccccc3)s2)CC1. The summed E-state index contributed by atoms with van der Waals surface area (Å²) >= 11 is 2.92. The van der Waals surface area contributed by atoms with Crippen molar-refractivity contribution in [3.63, 3.8) is 0 Å². The molecule has 1 aromatic heterocycles. The average molecular weight is 349 g/mol. The number of likely N-dealkylation sites (N-methyl/N-ethyl adjacent to an activating group) is 1. The summed E-state index contributed by atoms with van der Waals surface area (Å²) in [7, 11) is 2.08. The highest BCUT2D eigenvalue weighted by Crippen LogP contribution is 2.27. The van der Waals surface area contributed by atoms with Gasteiger partial charge in [0.25, 0.3) is 0 Å². The van der Waals surface area contributed by atoms with Crippen molar-refractivity contribution in [3.8, 4) is 0 Å². The Balaban J connectivity index is 1.48. The molecule has 1 amide bonds. The molecule has 0 saturated carbocycles. The van der Waals surface area contributed by atoms with Crippen LogP contribution in [0.15, 0.2) is 34.7 Å². The molecule has 1 aliphatic rings. The molecule has 8 heteroatoms. The van der Waals surface area contributed by atoms with Crippen molar-refractivity contribution in [2.75, 3.05) is 44.3 Å². The molecule has 0 radical (unpaired) electrons. The van der Waals surface area contributed by atoms with Crippen LogP contribution in [0.25, 0.3) is 0 Å². The van der Waals surface area contributed by atoms with Crippen LogP contribution in [0.1, 0.15) is 0 Å². The molecule has 1 fully saturated rings. The summed E-state index contributed by atoms with van der Waals surface area (Å²) in [5, 5.41) is 12.2. The lowest BCUT2D eigenvalue weighted by atomic mass is 10.3. The van der Waals surface area contributed by atoms with E-state index in [1.54, 1.807) is 0 Å².